The summed E-state index contributed by atoms with van der Waals surface area (Å²) in [6.07, 6.45) is 0. The Morgan fingerprint density at radius 3 is 0.625 bits per heavy atom. The number of nitrogens with zero attached hydrogens (tertiary/aromatic N) is 6. The molecule has 0 aliphatic rings. The van der Waals surface area contributed by atoms with Gasteiger partial charge in [0.2, 0.25) is 0 Å². The fraction of sp³-hybridized carbons (Fsp3) is 0. The van der Waals surface area contributed by atoms with Gasteiger partial charge in [0.05, 0.1) is 0 Å². The summed E-state index contributed by atoms with van der Waals surface area (Å²) in [5.41, 5.74) is 0. The fourth-order valence-electron chi connectivity index (χ4n) is 0.265. The van der Waals surface area contributed by atoms with Crippen LogP contribution in [0.5, 0.6) is 0 Å². The molecule has 0 unspecified atom stereocenters. The predicted octanol–water partition coefficient (Wildman–Crippen LogP) is -5.90. The minimum absolute atomic E-state index is 0. The Morgan fingerprint density at radius 2 is 0.625 bits per heavy atom. The molecule has 0 aromatic rings. The molecule has 0 saturated carbocycles. The SMILES string of the molecule is N#[C][Fe-4]([C]#N)([C]#N)([C]#N)([C]#N)[C]#N.[Cs+].[Cs+].[Ni+2]. The summed E-state index contributed by atoms with van der Waals surface area (Å²) in [7, 11) is -6.17. The third-order valence-electron chi connectivity index (χ3n) is 1.19. The van der Waals surface area contributed by atoms with Crippen molar-refractivity contribution in [3.8, 4) is 29.8 Å². The normalized spacial score (nSPS) is 10.9. The van der Waals surface area contributed by atoms with Crippen LogP contribution < -0.4 is 138 Å². The summed E-state index contributed by atoms with van der Waals surface area (Å²) in [5.74, 6) is 0. The maximum absolute atomic E-state index is 8.58. The zero-order valence-corrected chi connectivity index (χ0v) is 23.0. The number of hydrogen-bond donors (Lipinski definition) is 0. The van der Waals surface area contributed by atoms with Gasteiger partial charge >= 0.3 is 226 Å². The van der Waals surface area contributed by atoms with Gasteiger partial charge in [0, 0.05) is 0 Å². The molecule has 0 aromatic carbocycles. The molecule has 74 valence electrons. The topological polar surface area (TPSA) is 143 Å². The Bertz CT molecular complexity index is 401. The summed E-state index contributed by atoms with van der Waals surface area (Å²) in [6.45, 7) is 0. The third kappa shape index (κ3) is 3.54. The first-order chi connectivity index (χ1) is 5.97. The molecule has 0 aliphatic carbocycles. The zero-order chi connectivity index (χ0) is 10.7. The average Bonchev–Trinajstić information content (AvgIpc) is 2.26. The second-order valence-corrected chi connectivity index (χ2v) is 7.42. The molecule has 0 amide bonds. The van der Waals surface area contributed by atoms with E-state index in [9.17, 15) is 0 Å². The summed E-state index contributed by atoms with van der Waals surface area (Å²) >= 11 is 0. The van der Waals surface area contributed by atoms with E-state index in [0.29, 0.717) is 0 Å². The molecular formula is C6Cs2FeN6Ni. The van der Waals surface area contributed by atoms with Crippen LogP contribution in [0.4, 0.5) is 0 Å². The van der Waals surface area contributed by atoms with E-state index in [1.807, 2.05) is 0 Å². The smallest absolute Gasteiger partial charge is 1.00 e. The van der Waals surface area contributed by atoms with Crippen molar-refractivity contribution in [1.29, 1.82) is 31.6 Å². The Labute approximate surface area is 219 Å². The first-order valence-corrected chi connectivity index (χ1v) is 5.71. The van der Waals surface area contributed by atoms with E-state index in [1.165, 1.54) is 0 Å². The van der Waals surface area contributed by atoms with Crippen LogP contribution in [0, 0.1) is 61.4 Å². The number of hydrogen-bond acceptors (Lipinski definition) is 6. The molecule has 0 aromatic heterocycles. The Morgan fingerprint density at radius 1 is 0.500 bits per heavy atom. The van der Waals surface area contributed by atoms with Crippen LogP contribution in [0.25, 0.3) is 0 Å². The van der Waals surface area contributed by atoms with E-state index in [4.69, 9.17) is 31.6 Å². The largest absolute Gasteiger partial charge is 2.00 e. The summed E-state index contributed by atoms with van der Waals surface area (Å²) in [4.78, 5) is 6.19. The molecule has 0 atom stereocenters. The van der Waals surface area contributed by atoms with Crippen molar-refractivity contribution in [3.63, 3.8) is 0 Å². The van der Waals surface area contributed by atoms with Crippen LogP contribution >= 0.6 is 0 Å². The Balaban J connectivity index is -0.000000240. The van der Waals surface area contributed by atoms with Gasteiger partial charge in [-0.25, -0.2) is 0 Å². The maximum Gasteiger partial charge on any atom is 2.00 e. The molecule has 16 heavy (non-hydrogen) atoms. The first kappa shape index (κ1) is 26.6. The van der Waals surface area contributed by atoms with Crippen LogP contribution in [0.1, 0.15) is 0 Å². The van der Waals surface area contributed by atoms with Gasteiger partial charge in [-0.3, -0.25) is 0 Å². The van der Waals surface area contributed by atoms with E-state index in [2.05, 4.69) is 0 Å². The molecule has 0 radical (unpaired) electrons. The maximum atomic E-state index is 8.58. The van der Waals surface area contributed by atoms with Crippen molar-refractivity contribution < 1.29 is 165 Å². The zero-order valence-electron chi connectivity index (χ0n) is 8.35. The molecule has 0 aliphatic heterocycles. The molecular weight excluding hydrogens is 536 g/mol. The van der Waals surface area contributed by atoms with Gasteiger partial charge in [-0.15, -0.1) is 0 Å². The van der Waals surface area contributed by atoms with Crippen LogP contribution in [-0.2, 0) is 27.2 Å². The van der Waals surface area contributed by atoms with E-state index in [-0.39, 0.29) is 154 Å². The second-order valence-electron chi connectivity index (χ2n) is 1.80. The minimum atomic E-state index is -6.17. The van der Waals surface area contributed by atoms with E-state index in [1.54, 1.807) is 0 Å². The molecule has 0 spiro atoms. The van der Waals surface area contributed by atoms with E-state index < -0.39 is 10.7 Å². The molecule has 10 heteroatoms. The monoisotopic (exact) mass is 536 g/mol. The van der Waals surface area contributed by atoms with E-state index in [0.717, 1.165) is 29.8 Å². The van der Waals surface area contributed by atoms with Gasteiger partial charge in [0.15, 0.2) is 0 Å². The van der Waals surface area contributed by atoms with Crippen molar-refractivity contribution in [2.45, 2.75) is 0 Å². The van der Waals surface area contributed by atoms with Crippen molar-refractivity contribution in [3.05, 3.63) is 0 Å². The van der Waals surface area contributed by atoms with Gasteiger partial charge in [-0.2, -0.15) is 0 Å². The average molecular weight is 536 g/mol. The fourth-order valence-corrected chi connectivity index (χ4v) is 1.09. The molecule has 0 bridgehead atoms. The van der Waals surface area contributed by atoms with Gasteiger partial charge in [-0.05, 0) is 0 Å². The van der Waals surface area contributed by atoms with Crippen molar-refractivity contribution in [2.75, 3.05) is 0 Å². The number of rotatable bonds is 0. The molecule has 0 fully saturated rings. The summed E-state index contributed by atoms with van der Waals surface area (Å²) < 4.78 is 0. The summed E-state index contributed by atoms with van der Waals surface area (Å²) in [6, 6.07) is 0. The molecule has 0 rings (SSSR count). The van der Waals surface area contributed by atoms with Gasteiger partial charge in [0.25, 0.3) is 0 Å². The summed E-state index contributed by atoms with van der Waals surface area (Å²) in [5, 5.41) is 51.5. The minimum Gasteiger partial charge on any atom is 1.00 e. The molecule has 0 heterocycles. The Hall–Kier alpha value is 2.06. The van der Waals surface area contributed by atoms with Crippen LogP contribution in [0.2, 0.25) is 0 Å². The van der Waals surface area contributed by atoms with E-state index >= 15 is 0 Å². The van der Waals surface area contributed by atoms with Gasteiger partial charge < -0.3 is 0 Å². The van der Waals surface area contributed by atoms with Crippen molar-refractivity contribution >= 4 is 0 Å². The van der Waals surface area contributed by atoms with Gasteiger partial charge in [-0.1, -0.05) is 0 Å². The van der Waals surface area contributed by atoms with Crippen molar-refractivity contribution in [2.24, 2.45) is 0 Å². The molecule has 0 N–H and O–H groups in total. The van der Waals surface area contributed by atoms with Crippen LogP contribution in [0.3, 0.4) is 0 Å². The third-order valence-corrected chi connectivity index (χ3v) is 4.89. The number of nitriles is 6. The van der Waals surface area contributed by atoms with Crippen LogP contribution in [-0.4, -0.2) is 0 Å². The molecule has 0 saturated heterocycles. The Kier molecular flexibility index (Phi) is 13.7. The first-order valence-electron chi connectivity index (χ1n) is 2.40. The second kappa shape index (κ2) is 8.27. The molecule has 6 nitrogen and oxygen atoms in total. The standard InChI is InChI=1S/6CN.2Cs.Fe.Ni/c6*1-2;;;;/q;;;;;;2*+1;-4;+2. The van der Waals surface area contributed by atoms with Crippen LogP contribution in [0.15, 0.2) is 0 Å². The quantitative estimate of drug-likeness (QED) is 0.282. The predicted molar refractivity (Wildman–Crippen MR) is 33.7 cm³/mol. The van der Waals surface area contributed by atoms with Crippen molar-refractivity contribution in [1.82, 2.24) is 0 Å². The van der Waals surface area contributed by atoms with Gasteiger partial charge in [0.1, 0.15) is 0 Å².